The van der Waals surface area contributed by atoms with E-state index in [-0.39, 0.29) is 23.3 Å². The van der Waals surface area contributed by atoms with Gasteiger partial charge in [0, 0.05) is 6.04 Å². The van der Waals surface area contributed by atoms with Crippen LogP contribution in [0.3, 0.4) is 0 Å². The lowest BCUT2D eigenvalue weighted by atomic mass is 9.97. The number of aryl methyl sites for hydroxylation is 1. The second-order valence-electron chi connectivity index (χ2n) is 8.96. The van der Waals surface area contributed by atoms with E-state index in [4.69, 9.17) is 0 Å². The van der Waals surface area contributed by atoms with Crippen LogP contribution >= 0.6 is 11.8 Å². The molecular formula is C26H29N5O2S. The van der Waals surface area contributed by atoms with E-state index >= 15 is 0 Å². The molecule has 1 amide bonds. The summed E-state index contributed by atoms with van der Waals surface area (Å²) in [4.78, 5) is 26.2. The highest BCUT2D eigenvalue weighted by Crippen LogP contribution is 2.24. The van der Waals surface area contributed by atoms with Crippen molar-refractivity contribution in [3.8, 4) is 5.69 Å². The Kier molecular flexibility index (Phi) is 6.67. The van der Waals surface area contributed by atoms with Crippen molar-refractivity contribution in [3.05, 3.63) is 64.4 Å². The van der Waals surface area contributed by atoms with Crippen molar-refractivity contribution in [1.29, 1.82) is 0 Å². The molecule has 2 aromatic carbocycles. The Balaban J connectivity index is 1.48. The van der Waals surface area contributed by atoms with Crippen LogP contribution in [0.25, 0.3) is 22.4 Å². The smallest absolute Gasteiger partial charge is 0.267 e. The third-order valence-electron chi connectivity index (χ3n) is 6.55. The lowest BCUT2D eigenvalue weighted by molar-refractivity contribution is -0.119. The van der Waals surface area contributed by atoms with Crippen LogP contribution in [0.2, 0.25) is 0 Å². The van der Waals surface area contributed by atoms with Gasteiger partial charge in [0.1, 0.15) is 0 Å². The van der Waals surface area contributed by atoms with Crippen molar-refractivity contribution in [2.24, 2.45) is 0 Å². The summed E-state index contributed by atoms with van der Waals surface area (Å²) >= 11 is 1.35. The van der Waals surface area contributed by atoms with Gasteiger partial charge in [-0.15, -0.1) is 10.2 Å². The molecule has 4 aromatic rings. The maximum Gasteiger partial charge on any atom is 0.267 e. The van der Waals surface area contributed by atoms with Crippen LogP contribution in [-0.4, -0.2) is 36.9 Å². The molecule has 34 heavy (non-hydrogen) atoms. The summed E-state index contributed by atoms with van der Waals surface area (Å²) in [6.07, 6.45) is 8.27. The molecule has 7 nitrogen and oxygen atoms in total. The van der Waals surface area contributed by atoms with Gasteiger partial charge in [-0.05, 0) is 43.5 Å². The molecule has 176 valence electrons. The summed E-state index contributed by atoms with van der Waals surface area (Å²) in [5, 5.41) is 13.2. The molecule has 0 bridgehead atoms. The fraction of sp³-hybridized carbons (Fsp3) is 0.385. The molecule has 5 rings (SSSR count). The highest BCUT2D eigenvalue weighted by Gasteiger charge is 2.20. The Labute approximate surface area is 202 Å². The van der Waals surface area contributed by atoms with Crippen LogP contribution in [0.15, 0.2) is 58.5 Å². The lowest BCUT2D eigenvalue weighted by Gasteiger charge is -2.20. The van der Waals surface area contributed by atoms with Crippen LogP contribution in [-0.2, 0) is 4.79 Å². The third kappa shape index (κ3) is 4.46. The van der Waals surface area contributed by atoms with Gasteiger partial charge in [0.2, 0.25) is 11.7 Å². The van der Waals surface area contributed by atoms with Gasteiger partial charge in [0.15, 0.2) is 5.16 Å². The highest BCUT2D eigenvalue weighted by molar-refractivity contribution is 7.99. The zero-order valence-corrected chi connectivity index (χ0v) is 20.2. The van der Waals surface area contributed by atoms with Crippen molar-refractivity contribution in [2.75, 3.05) is 5.75 Å². The average Bonchev–Trinajstić information content (AvgIpc) is 3.24. The van der Waals surface area contributed by atoms with Crippen molar-refractivity contribution < 1.29 is 4.79 Å². The number of para-hydroxylation sites is 2. The number of fused-ring (bicyclic) bond motifs is 3. The second-order valence-corrected chi connectivity index (χ2v) is 9.90. The largest absolute Gasteiger partial charge is 0.353 e. The number of hydrogen-bond acceptors (Lipinski definition) is 5. The minimum Gasteiger partial charge on any atom is -0.353 e. The molecule has 0 atom stereocenters. The van der Waals surface area contributed by atoms with E-state index in [1.807, 2.05) is 59.9 Å². The SMILES string of the molecule is Cc1ccccc1-n1c(=O)c2ccccc2n2c(SCC(=O)NC3CCCCCCC3)nnc12. The van der Waals surface area contributed by atoms with Crippen molar-refractivity contribution in [2.45, 2.75) is 63.1 Å². The number of amides is 1. The number of nitrogens with one attached hydrogen (secondary N) is 1. The average molecular weight is 476 g/mol. The number of carbonyl (C=O) groups is 1. The standard InChI is InChI=1S/C26H29N5O2S/c1-18-11-7-9-15-21(18)30-24(33)20-14-8-10-16-22(20)31-25(30)28-29-26(31)34-17-23(32)27-19-12-5-3-2-4-6-13-19/h7-11,14-16,19H,2-6,12-13,17H2,1H3,(H,27,32). The quantitative estimate of drug-likeness (QED) is 0.425. The number of thioether (sulfide) groups is 1. The summed E-state index contributed by atoms with van der Waals surface area (Å²) < 4.78 is 3.50. The van der Waals surface area contributed by atoms with E-state index in [1.165, 1.54) is 43.9 Å². The topological polar surface area (TPSA) is 81.3 Å². The molecule has 1 aliphatic rings. The Morgan fingerprint density at radius 3 is 2.50 bits per heavy atom. The fourth-order valence-electron chi connectivity index (χ4n) is 4.80. The summed E-state index contributed by atoms with van der Waals surface area (Å²) in [5.74, 6) is 0.722. The van der Waals surface area contributed by atoms with Gasteiger partial charge < -0.3 is 5.32 Å². The molecule has 0 spiro atoms. The molecule has 0 radical (unpaired) electrons. The minimum atomic E-state index is -0.136. The number of nitrogens with zero attached hydrogens (tertiary/aromatic N) is 4. The monoisotopic (exact) mass is 475 g/mol. The molecule has 1 saturated carbocycles. The highest BCUT2D eigenvalue weighted by atomic mass is 32.2. The molecular weight excluding hydrogens is 446 g/mol. The minimum absolute atomic E-state index is 0.0175. The molecule has 1 fully saturated rings. The Bertz CT molecular complexity index is 1390. The zero-order valence-electron chi connectivity index (χ0n) is 19.4. The molecule has 1 aliphatic carbocycles. The van der Waals surface area contributed by atoms with Crippen LogP contribution < -0.4 is 10.9 Å². The van der Waals surface area contributed by atoms with E-state index in [2.05, 4.69) is 15.5 Å². The number of hydrogen-bond donors (Lipinski definition) is 1. The van der Waals surface area contributed by atoms with E-state index < -0.39 is 0 Å². The molecule has 0 saturated heterocycles. The Morgan fingerprint density at radius 1 is 1.00 bits per heavy atom. The van der Waals surface area contributed by atoms with Gasteiger partial charge in [-0.25, -0.2) is 4.57 Å². The summed E-state index contributed by atoms with van der Waals surface area (Å²) in [5.41, 5.74) is 2.34. The predicted molar refractivity (Wildman–Crippen MR) is 136 cm³/mol. The Hall–Kier alpha value is -3.13. The number of benzene rings is 2. The summed E-state index contributed by atoms with van der Waals surface area (Å²) in [6, 6.07) is 15.5. The lowest BCUT2D eigenvalue weighted by Crippen LogP contribution is -2.36. The molecule has 0 aliphatic heterocycles. The van der Waals surface area contributed by atoms with Crippen LogP contribution in [0, 0.1) is 6.92 Å². The van der Waals surface area contributed by atoms with Crippen LogP contribution in [0.5, 0.6) is 0 Å². The molecule has 2 heterocycles. The molecule has 0 unspecified atom stereocenters. The summed E-state index contributed by atoms with van der Waals surface area (Å²) in [7, 11) is 0. The van der Waals surface area contributed by atoms with Gasteiger partial charge >= 0.3 is 0 Å². The number of rotatable bonds is 5. The third-order valence-corrected chi connectivity index (χ3v) is 7.48. The first-order valence-electron chi connectivity index (χ1n) is 12.0. The van der Waals surface area contributed by atoms with E-state index in [0.717, 1.165) is 29.6 Å². The predicted octanol–water partition coefficient (Wildman–Crippen LogP) is 4.66. The van der Waals surface area contributed by atoms with Gasteiger partial charge in [-0.2, -0.15) is 0 Å². The van der Waals surface area contributed by atoms with Gasteiger partial charge in [0.05, 0.1) is 22.3 Å². The first-order valence-corrected chi connectivity index (χ1v) is 13.0. The number of carbonyl (C=O) groups excluding carboxylic acids is 1. The first-order chi connectivity index (χ1) is 16.6. The van der Waals surface area contributed by atoms with Crippen molar-refractivity contribution in [3.63, 3.8) is 0 Å². The maximum atomic E-state index is 13.5. The zero-order chi connectivity index (χ0) is 23.5. The Morgan fingerprint density at radius 2 is 1.71 bits per heavy atom. The fourth-order valence-corrected chi connectivity index (χ4v) is 5.55. The first kappa shape index (κ1) is 22.7. The second kappa shape index (κ2) is 10.0. The van der Waals surface area contributed by atoms with Crippen LogP contribution in [0.4, 0.5) is 0 Å². The van der Waals surface area contributed by atoms with Gasteiger partial charge in [-0.3, -0.25) is 14.0 Å². The van der Waals surface area contributed by atoms with Crippen molar-refractivity contribution >= 4 is 34.3 Å². The van der Waals surface area contributed by atoms with Gasteiger partial charge in [0.25, 0.3) is 5.56 Å². The maximum absolute atomic E-state index is 13.5. The van der Waals surface area contributed by atoms with Crippen LogP contribution in [0.1, 0.15) is 50.5 Å². The number of aromatic nitrogens is 4. The molecule has 8 heteroatoms. The van der Waals surface area contributed by atoms with Gasteiger partial charge in [-0.1, -0.05) is 74.2 Å². The molecule has 2 aromatic heterocycles. The van der Waals surface area contributed by atoms with E-state index in [9.17, 15) is 9.59 Å². The van der Waals surface area contributed by atoms with Crippen molar-refractivity contribution in [1.82, 2.24) is 24.5 Å². The molecule has 1 N–H and O–H groups in total. The normalized spacial score (nSPS) is 15.3. The van der Waals surface area contributed by atoms with E-state index in [0.29, 0.717) is 16.3 Å². The van der Waals surface area contributed by atoms with E-state index in [1.54, 1.807) is 4.57 Å². The summed E-state index contributed by atoms with van der Waals surface area (Å²) in [6.45, 7) is 1.97.